The van der Waals surface area contributed by atoms with E-state index in [4.69, 9.17) is 33.2 Å². The summed E-state index contributed by atoms with van der Waals surface area (Å²) in [6.07, 6.45) is 7.20. The van der Waals surface area contributed by atoms with Gasteiger partial charge in [0.05, 0.1) is 38.7 Å². The van der Waals surface area contributed by atoms with E-state index >= 15 is 0 Å². The highest BCUT2D eigenvalue weighted by Gasteiger charge is 2.30. The Labute approximate surface area is 325 Å². The van der Waals surface area contributed by atoms with Crippen LogP contribution in [0.25, 0.3) is 11.1 Å². The molecule has 1 fully saturated rings. The molecule has 0 atom stereocenters. The molecule has 4 heterocycles. The van der Waals surface area contributed by atoms with Gasteiger partial charge in [0.25, 0.3) is 11.8 Å². The molecule has 14 heteroatoms. The van der Waals surface area contributed by atoms with Crippen LogP contribution in [-0.4, -0.2) is 78.0 Å². The maximum atomic E-state index is 13.7. The number of carboxylic acids is 1. The maximum absolute atomic E-state index is 13.7. The lowest BCUT2D eigenvalue weighted by atomic mass is 9.80. The Morgan fingerprint density at radius 2 is 1.24 bits per heavy atom. The van der Waals surface area contributed by atoms with Crippen LogP contribution in [0.1, 0.15) is 89.5 Å². The van der Waals surface area contributed by atoms with E-state index in [0.717, 1.165) is 107 Å². The SMILES string of the molecule is CCCN1CCc2c(nc(C(=O)Nc3cccc(-c4cccc(NC(=O)c5nc6c(n5C)CCN(CCC5CCC(C(=O)O)CC5)C6)c4Cl)c3Cl)n2C)C1. The molecular weight excluding hydrogens is 727 g/mol. The van der Waals surface area contributed by atoms with E-state index in [-0.39, 0.29) is 17.7 Å². The molecule has 2 amide bonds. The molecule has 54 heavy (non-hydrogen) atoms. The molecule has 7 rings (SSSR count). The molecule has 3 N–H and O–H groups in total. The first-order chi connectivity index (χ1) is 26.0. The Morgan fingerprint density at radius 1 is 0.759 bits per heavy atom. The molecule has 0 unspecified atom stereocenters. The number of carboxylic acid groups (broad SMARTS) is 1. The van der Waals surface area contributed by atoms with Crippen LogP contribution in [0.15, 0.2) is 36.4 Å². The number of anilines is 2. The lowest BCUT2D eigenvalue weighted by Gasteiger charge is -2.30. The van der Waals surface area contributed by atoms with Gasteiger partial charge < -0.3 is 24.9 Å². The van der Waals surface area contributed by atoms with Gasteiger partial charge in [-0.25, -0.2) is 9.97 Å². The van der Waals surface area contributed by atoms with Crippen LogP contribution in [-0.2, 0) is 44.8 Å². The van der Waals surface area contributed by atoms with Crippen LogP contribution in [0.3, 0.4) is 0 Å². The first kappa shape index (κ1) is 38.1. The van der Waals surface area contributed by atoms with Crippen molar-refractivity contribution in [1.82, 2.24) is 28.9 Å². The van der Waals surface area contributed by atoms with Gasteiger partial charge in [-0.3, -0.25) is 24.2 Å². The average molecular weight is 776 g/mol. The highest BCUT2D eigenvalue weighted by Crippen LogP contribution is 2.40. The summed E-state index contributed by atoms with van der Waals surface area (Å²) in [5.41, 5.74) is 6.02. The lowest BCUT2D eigenvalue weighted by Crippen LogP contribution is -2.33. The van der Waals surface area contributed by atoms with Gasteiger partial charge in [0.1, 0.15) is 0 Å². The van der Waals surface area contributed by atoms with Crippen LogP contribution in [0.2, 0.25) is 10.0 Å². The van der Waals surface area contributed by atoms with Gasteiger partial charge in [-0.1, -0.05) is 54.4 Å². The molecule has 2 aliphatic heterocycles. The number of amides is 2. The van der Waals surface area contributed by atoms with E-state index in [1.54, 1.807) is 24.3 Å². The molecule has 0 bridgehead atoms. The topological polar surface area (TPSA) is 138 Å². The number of hydrogen-bond acceptors (Lipinski definition) is 7. The van der Waals surface area contributed by atoms with Crippen LogP contribution in [0.5, 0.6) is 0 Å². The molecule has 3 aliphatic rings. The number of fused-ring (bicyclic) bond motifs is 2. The number of aliphatic carboxylic acids is 1. The third-order valence-corrected chi connectivity index (χ3v) is 12.3. The molecule has 2 aromatic heterocycles. The summed E-state index contributed by atoms with van der Waals surface area (Å²) in [6, 6.07) is 10.7. The van der Waals surface area contributed by atoms with Crippen molar-refractivity contribution in [1.29, 1.82) is 0 Å². The predicted octanol–water partition coefficient (Wildman–Crippen LogP) is 7.04. The quantitative estimate of drug-likeness (QED) is 0.148. The zero-order chi connectivity index (χ0) is 38.1. The van der Waals surface area contributed by atoms with Gasteiger partial charge in [0, 0.05) is 75.6 Å². The first-order valence-corrected chi connectivity index (χ1v) is 19.7. The molecule has 4 aromatic rings. The van der Waals surface area contributed by atoms with Crippen molar-refractivity contribution >= 4 is 52.4 Å². The molecule has 0 spiro atoms. The molecule has 286 valence electrons. The zero-order valence-electron chi connectivity index (χ0n) is 31.1. The van der Waals surface area contributed by atoms with Crippen molar-refractivity contribution in [2.45, 2.75) is 71.4 Å². The number of benzene rings is 2. The Bertz CT molecular complexity index is 2070. The van der Waals surface area contributed by atoms with Crippen LogP contribution in [0.4, 0.5) is 11.4 Å². The van der Waals surface area contributed by atoms with Gasteiger partial charge >= 0.3 is 5.97 Å². The second kappa shape index (κ2) is 16.2. The van der Waals surface area contributed by atoms with Crippen molar-refractivity contribution in [3.8, 4) is 11.1 Å². The van der Waals surface area contributed by atoms with Crippen molar-refractivity contribution in [2.24, 2.45) is 25.9 Å². The molecule has 1 saturated carbocycles. The van der Waals surface area contributed by atoms with E-state index in [0.29, 0.717) is 56.7 Å². The summed E-state index contributed by atoms with van der Waals surface area (Å²) in [5.74, 6) is -0.375. The lowest BCUT2D eigenvalue weighted by molar-refractivity contribution is -0.143. The molecule has 12 nitrogen and oxygen atoms in total. The van der Waals surface area contributed by atoms with E-state index in [9.17, 15) is 19.5 Å². The highest BCUT2D eigenvalue weighted by atomic mass is 35.5. The summed E-state index contributed by atoms with van der Waals surface area (Å²) in [7, 11) is 3.75. The van der Waals surface area contributed by atoms with Gasteiger partial charge in [-0.05, 0) is 69.7 Å². The minimum atomic E-state index is -0.669. The Morgan fingerprint density at radius 3 is 1.70 bits per heavy atom. The highest BCUT2D eigenvalue weighted by molar-refractivity contribution is 6.40. The summed E-state index contributed by atoms with van der Waals surface area (Å²) in [5, 5.41) is 15.9. The van der Waals surface area contributed by atoms with Crippen LogP contribution >= 0.6 is 23.2 Å². The molecule has 1 aliphatic carbocycles. The van der Waals surface area contributed by atoms with E-state index in [2.05, 4.69) is 27.4 Å². The minimum Gasteiger partial charge on any atom is -0.481 e. The largest absolute Gasteiger partial charge is 0.481 e. The average Bonchev–Trinajstić information content (AvgIpc) is 3.68. The number of halogens is 2. The fraction of sp³-hybridized carbons (Fsp3) is 0.475. The molecule has 0 radical (unpaired) electrons. The smallest absolute Gasteiger partial charge is 0.306 e. The number of rotatable bonds is 11. The van der Waals surface area contributed by atoms with Crippen LogP contribution < -0.4 is 10.6 Å². The standard InChI is InChI=1S/C40H48Cl2N8O4/c1-4-18-49-20-16-32-30(22-49)43-36(47(32)2)38(51)45-28-9-5-7-26(34(28)41)27-8-6-10-29(35(27)42)46-39(52)37-44-31-23-50(21-17-33(31)48(37)3)19-15-24-11-13-25(14-12-24)40(53)54/h5-10,24-25H,4,11-23H2,1-3H3,(H,45,51)(H,46,52)(H,53,54). The van der Waals surface area contributed by atoms with E-state index in [1.165, 1.54) is 0 Å². The van der Waals surface area contributed by atoms with E-state index in [1.807, 2.05) is 35.4 Å². The zero-order valence-corrected chi connectivity index (χ0v) is 32.6. The van der Waals surface area contributed by atoms with Gasteiger partial charge in [0.2, 0.25) is 0 Å². The Kier molecular flexibility index (Phi) is 11.4. The van der Waals surface area contributed by atoms with Gasteiger partial charge in [-0.2, -0.15) is 0 Å². The number of nitrogens with zero attached hydrogens (tertiary/aromatic N) is 6. The summed E-state index contributed by atoms with van der Waals surface area (Å²) in [4.78, 5) is 52.7. The summed E-state index contributed by atoms with van der Waals surface area (Å²) >= 11 is 13.9. The first-order valence-electron chi connectivity index (χ1n) is 19.0. The predicted molar refractivity (Wildman–Crippen MR) is 210 cm³/mol. The monoisotopic (exact) mass is 774 g/mol. The van der Waals surface area contributed by atoms with Crippen molar-refractivity contribution in [3.05, 3.63) is 80.9 Å². The fourth-order valence-electron chi connectivity index (χ4n) is 8.36. The third-order valence-electron chi connectivity index (χ3n) is 11.4. The number of hydrogen-bond donors (Lipinski definition) is 3. The minimum absolute atomic E-state index is 0.196. The number of aromatic nitrogens is 4. The van der Waals surface area contributed by atoms with Crippen molar-refractivity contribution in [3.63, 3.8) is 0 Å². The number of imidazole rings is 2. The number of carbonyl (C=O) groups excluding carboxylic acids is 2. The van der Waals surface area contributed by atoms with Crippen molar-refractivity contribution in [2.75, 3.05) is 36.8 Å². The molecule has 2 aromatic carbocycles. The van der Waals surface area contributed by atoms with Gasteiger partial charge in [-0.15, -0.1) is 0 Å². The molecule has 0 saturated heterocycles. The van der Waals surface area contributed by atoms with Crippen LogP contribution in [0, 0.1) is 11.8 Å². The van der Waals surface area contributed by atoms with E-state index < -0.39 is 5.97 Å². The van der Waals surface area contributed by atoms with Crippen molar-refractivity contribution < 1.29 is 19.5 Å². The Balaban J connectivity index is 1.01. The third kappa shape index (κ3) is 7.80. The summed E-state index contributed by atoms with van der Waals surface area (Å²) in [6.45, 7) is 7.32. The Hall–Kier alpha value is -4.23. The number of carbonyl (C=O) groups is 3. The second-order valence-corrected chi connectivity index (χ2v) is 15.7. The number of nitrogens with one attached hydrogen (secondary N) is 2. The summed E-state index contributed by atoms with van der Waals surface area (Å²) < 4.78 is 3.75. The second-order valence-electron chi connectivity index (χ2n) is 14.9. The van der Waals surface area contributed by atoms with Gasteiger partial charge in [0.15, 0.2) is 11.6 Å². The normalized spacial score (nSPS) is 18.9. The maximum Gasteiger partial charge on any atom is 0.306 e. The fourth-order valence-corrected chi connectivity index (χ4v) is 8.91. The molecular formula is C40H48Cl2N8O4.